The van der Waals surface area contributed by atoms with Gasteiger partial charge in [0.15, 0.2) is 0 Å². The highest BCUT2D eigenvalue weighted by Gasteiger charge is 2.23. The third-order valence-electron chi connectivity index (χ3n) is 3.00. The topological polar surface area (TPSA) is 29.3 Å². The molecule has 0 amide bonds. The lowest BCUT2D eigenvalue weighted by Crippen LogP contribution is -2.46. The van der Waals surface area contributed by atoms with Gasteiger partial charge in [0.1, 0.15) is 0 Å². The number of nitrogens with zero attached hydrogens (tertiary/aromatic N) is 1. The number of fused-ring (bicyclic) bond motifs is 1. The summed E-state index contributed by atoms with van der Waals surface area (Å²) in [5, 5.41) is 1.37. The fourth-order valence-electron chi connectivity index (χ4n) is 2.35. The van der Waals surface area contributed by atoms with Crippen LogP contribution in [0.3, 0.4) is 0 Å². The molecule has 0 aromatic heterocycles. The first kappa shape index (κ1) is 13.2. The van der Waals surface area contributed by atoms with Gasteiger partial charge in [0.05, 0.1) is 10.0 Å². The van der Waals surface area contributed by atoms with Gasteiger partial charge in [-0.1, -0.05) is 29.3 Å². The molecule has 0 saturated heterocycles. The molecule has 1 heterocycles. The molecule has 0 bridgehead atoms. The Balaban J connectivity index is 2.18. The summed E-state index contributed by atoms with van der Waals surface area (Å²) in [7, 11) is 0. The predicted molar refractivity (Wildman–Crippen MR) is 73.7 cm³/mol. The zero-order valence-corrected chi connectivity index (χ0v) is 11.8. The molecule has 1 aliphatic heterocycles. The number of hydrogen-bond donors (Lipinski definition) is 1. The number of hydrogen-bond acceptors (Lipinski definition) is 2. The first-order valence-corrected chi connectivity index (χ1v) is 6.59. The van der Waals surface area contributed by atoms with E-state index in [2.05, 4.69) is 24.8 Å². The molecule has 0 unspecified atom stereocenters. The third kappa shape index (κ3) is 3.14. The Morgan fingerprint density at radius 3 is 2.71 bits per heavy atom. The normalized spacial score (nSPS) is 17.0. The van der Waals surface area contributed by atoms with Crippen LogP contribution in [0.2, 0.25) is 10.0 Å². The average molecular weight is 273 g/mol. The summed E-state index contributed by atoms with van der Waals surface area (Å²) in [6.45, 7) is 6.90. The second kappa shape index (κ2) is 4.77. The van der Waals surface area contributed by atoms with Crippen molar-refractivity contribution in [2.45, 2.75) is 32.4 Å². The Morgan fingerprint density at radius 1 is 1.35 bits per heavy atom. The maximum atomic E-state index is 6.22. The molecule has 1 aromatic carbocycles. The van der Waals surface area contributed by atoms with Crippen molar-refractivity contribution in [2.75, 3.05) is 13.1 Å². The molecule has 1 aromatic rings. The Labute approximate surface area is 113 Å². The first-order valence-electron chi connectivity index (χ1n) is 5.84. The highest BCUT2D eigenvalue weighted by Crippen LogP contribution is 2.32. The lowest BCUT2D eigenvalue weighted by Gasteiger charge is -2.34. The van der Waals surface area contributed by atoms with Gasteiger partial charge >= 0.3 is 0 Å². The lowest BCUT2D eigenvalue weighted by molar-refractivity contribution is 0.209. The lowest BCUT2D eigenvalue weighted by atomic mass is 9.97. The highest BCUT2D eigenvalue weighted by molar-refractivity contribution is 6.42. The molecule has 2 N–H and O–H groups in total. The van der Waals surface area contributed by atoms with Crippen LogP contribution in [0, 0.1) is 0 Å². The molecule has 1 aliphatic rings. The van der Waals surface area contributed by atoms with Crippen molar-refractivity contribution >= 4 is 23.2 Å². The molecule has 94 valence electrons. The molecule has 0 aliphatic carbocycles. The summed E-state index contributed by atoms with van der Waals surface area (Å²) in [5.74, 6) is 0. The summed E-state index contributed by atoms with van der Waals surface area (Å²) >= 11 is 12.2. The average Bonchev–Trinajstić information content (AvgIpc) is 2.21. The second-order valence-electron chi connectivity index (χ2n) is 5.45. The van der Waals surface area contributed by atoms with Crippen LogP contribution in [0.15, 0.2) is 12.1 Å². The summed E-state index contributed by atoms with van der Waals surface area (Å²) in [5.41, 5.74) is 8.36. The zero-order chi connectivity index (χ0) is 12.6. The number of benzene rings is 1. The van der Waals surface area contributed by atoms with Crippen LogP contribution >= 0.6 is 23.2 Å². The SMILES string of the molecule is CC(C)(N)CN1CCc2c(ccc(Cl)c2Cl)C1. The maximum Gasteiger partial charge on any atom is 0.0628 e. The Hall–Kier alpha value is -0.280. The van der Waals surface area contributed by atoms with E-state index in [-0.39, 0.29) is 5.54 Å². The van der Waals surface area contributed by atoms with Crippen molar-refractivity contribution in [1.82, 2.24) is 4.90 Å². The van der Waals surface area contributed by atoms with Crippen LogP contribution in [-0.2, 0) is 13.0 Å². The van der Waals surface area contributed by atoms with Crippen LogP contribution < -0.4 is 5.73 Å². The molecule has 2 nitrogen and oxygen atoms in total. The molecule has 0 spiro atoms. The van der Waals surface area contributed by atoms with Gasteiger partial charge < -0.3 is 5.73 Å². The van der Waals surface area contributed by atoms with E-state index in [1.165, 1.54) is 11.1 Å². The van der Waals surface area contributed by atoms with Crippen molar-refractivity contribution in [3.05, 3.63) is 33.3 Å². The number of rotatable bonds is 2. The van der Waals surface area contributed by atoms with Crippen LogP contribution in [-0.4, -0.2) is 23.5 Å². The van der Waals surface area contributed by atoms with Gasteiger partial charge in [-0.05, 0) is 37.5 Å². The minimum atomic E-state index is -0.159. The van der Waals surface area contributed by atoms with Gasteiger partial charge in [0.2, 0.25) is 0 Å². The van der Waals surface area contributed by atoms with Crippen LogP contribution in [0.4, 0.5) is 0 Å². The van der Waals surface area contributed by atoms with Gasteiger partial charge in [-0.3, -0.25) is 4.90 Å². The highest BCUT2D eigenvalue weighted by atomic mass is 35.5. The van der Waals surface area contributed by atoms with Gasteiger partial charge in [-0.15, -0.1) is 0 Å². The van der Waals surface area contributed by atoms with Crippen LogP contribution in [0.5, 0.6) is 0 Å². The Morgan fingerprint density at radius 2 is 2.06 bits per heavy atom. The van der Waals surface area contributed by atoms with Crippen LogP contribution in [0.25, 0.3) is 0 Å². The fraction of sp³-hybridized carbons (Fsp3) is 0.538. The maximum absolute atomic E-state index is 6.22. The summed E-state index contributed by atoms with van der Waals surface area (Å²) in [6, 6.07) is 3.94. The molecular weight excluding hydrogens is 255 g/mol. The van der Waals surface area contributed by atoms with Gasteiger partial charge in [0.25, 0.3) is 0 Å². The molecule has 0 radical (unpaired) electrons. The number of nitrogens with two attached hydrogens (primary N) is 1. The Kier molecular flexibility index (Phi) is 3.69. The largest absolute Gasteiger partial charge is 0.324 e. The van der Waals surface area contributed by atoms with E-state index in [1.54, 1.807) is 0 Å². The fourth-order valence-corrected chi connectivity index (χ4v) is 2.81. The van der Waals surface area contributed by atoms with E-state index in [4.69, 9.17) is 28.9 Å². The van der Waals surface area contributed by atoms with Crippen molar-refractivity contribution in [2.24, 2.45) is 5.73 Å². The standard InChI is InChI=1S/C13H18Cl2N2/c1-13(2,16)8-17-6-5-10-9(7-17)3-4-11(14)12(10)15/h3-4H,5-8,16H2,1-2H3. The van der Waals surface area contributed by atoms with Crippen molar-refractivity contribution in [3.63, 3.8) is 0 Å². The molecule has 17 heavy (non-hydrogen) atoms. The van der Waals surface area contributed by atoms with Crippen molar-refractivity contribution in [3.8, 4) is 0 Å². The van der Waals surface area contributed by atoms with Gasteiger partial charge in [-0.2, -0.15) is 0 Å². The first-order chi connectivity index (χ1) is 7.87. The van der Waals surface area contributed by atoms with E-state index in [1.807, 2.05) is 6.07 Å². The smallest absolute Gasteiger partial charge is 0.0628 e. The van der Waals surface area contributed by atoms with Gasteiger partial charge in [0, 0.05) is 25.2 Å². The van der Waals surface area contributed by atoms with E-state index >= 15 is 0 Å². The van der Waals surface area contributed by atoms with E-state index in [9.17, 15) is 0 Å². The summed E-state index contributed by atoms with van der Waals surface area (Å²) < 4.78 is 0. The molecule has 4 heteroatoms. The molecule has 2 rings (SSSR count). The van der Waals surface area contributed by atoms with Crippen molar-refractivity contribution in [1.29, 1.82) is 0 Å². The minimum Gasteiger partial charge on any atom is -0.324 e. The van der Waals surface area contributed by atoms with E-state index < -0.39 is 0 Å². The molecule has 0 fully saturated rings. The van der Waals surface area contributed by atoms with E-state index in [0.717, 1.165) is 31.1 Å². The Bertz CT molecular complexity index is 424. The predicted octanol–water partition coefficient (Wildman–Crippen LogP) is 3.09. The third-order valence-corrected chi connectivity index (χ3v) is 3.84. The quantitative estimate of drug-likeness (QED) is 0.897. The summed E-state index contributed by atoms with van der Waals surface area (Å²) in [4.78, 5) is 2.37. The van der Waals surface area contributed by atoms with Crippen molar-refractivity contribution < 1.29 is 0 Å². The van der Waals surface area contributed by atoms with Crippen LogP contribution in [0.1, 0.15) is 25.0 Å². The number of halogens is 2. The van der Waals surface area contributed by atoms with Gasteiger partial charge in [-0.25, -0.2) is 0 Å². The summed E-state index contributed by atoms with van der Waals surface area (Å²) in [6.07, 6.45) is 0.949. The molecule has 0 saturated carbocycles. The zero-order valence-electron chi connectivity index (χ0n) is 10.3. The second-order valence-corrected chi connectivity index (χ2v) is 6.23. The molecular formula is C13H18Cl2N2. The van der Waals surface area contributed by atoms with E-state index in [0.29, 0.717) is 5.02 Å². The molecule has 0 atom stereocenters. The monoisotopic (exact) mass is 272 g/mol. The minimum absolute atomic E-state index is 0.159.